The molecule has 0 aliphatic heterocycles. The Morgan fingerprint density at radius 2 is 0.704 bits per heavy atom. The summed E-state index contributed by atoms with van der Waals surface area (Å²) in [5, 5.41) is 0. The lowest BCUT2D eigenvalue weighted by molar-refractivity contribution is 0.455. The fourth-order valence-electron chi connectivity index (χ4n) is 7.40. The van der Waals surface area contributed by atoms with Gasteiger partial charge in [-0.15, -0.1) is 13.2 Å². The highest BCUT2D eigenvalue weighted by molar-refractivity contribution is 6.77. The van der Waals surface area contributed by atoms with Crippen LogP contribution in [0.3, 0.4) is 0 Å². The van der Waals surface area contributed by atoms with Gasteiger partial charge in [0.25, 0.3) is 16.6 Å². The molecule has 4 nitrogen and oxygen atoms in total. The van der Waals surface area contributed by atoms with Gasteiger partial charge < -0.3 is 18.3 Å². The fraction of sp³-hybridized carbons (Fsp3) is 0.292. The molecule has 6 heteroatoms. The van der Waals surface area contributed by atoms with Gasteiger partial charge in [-0.1, -0.05) is 93.7 Å². The van der Waals surface area contributed by atoms with Crippen molar-refractivity contribution in [2.75, 3.05) is 0 Å². The third-order valence-corrected chi connectivity index (χ3v) is 14.6. The predicted octanol–water partition coefficient (Wildman–Crippen LogP) is 14.1. The van der Waals surface area contributed by atoms with Crippen LogP contribution < -0.4 is 18.3 Å². The molecule has 54 heavy (non-hydrogen) atoms. The molecule has 0 saturated carbocycles. The molecule has 0 radical (unpaired) electrons. The zero-order chi connectivity index (χ0) is 39.0. The molecule has 0 unspecified atom stereocenters. The number of hydrogen-bond donors (Lipinski definition) is 0. The van der Waals surface area contributed by atoms with Crippen LogP contribution in [0.25, 0.3) is 0 Å². The summed E-state index contributed by atoms with van der Waals surface area (Å²) in [6.07, 6.45) is 3.92. The Kier molecular flexibility index (Phi) is 12.8. The second-order valence-corrected chi connectivity index (χ2v) is 22.8. The zero-order valence-corrected chi connectivity index (χ0v) is 35.6. The van der Waals surface area contributed by atoms with Crippen LogP contribution in [0.4, 0.5) is 0 Å². The summed E-state index contributed by atoms with van der Waals surface area (Å²) in [5.74, 6) is 4.80. The van der Waals surface area contributed by atoms with Gasteiger partial charge in [0.05, 0.1) is 0 Å². The third kappa shape index (κ3) is 9.11. The first kappa shape index (κ1) is 40.4. The molecular weight excluding hydrogens is 697 g/mol. The Labute approximate surface area is 326 Å². The minimum Gasteiger partial charge on any atom is -0.540 e. The maximum atomic E-state index is 6.34. The molecular formula is C48H58O4Si2. The summed E-state index contributed by atoms with van der Waals surface area (Å²) in [6, 6.07) is 42.1. The van der Waals surface area contributed by atoms with Crippen LogP contribution in [-0.2, 0) is 10.8 Å². The van der Waals surface area contributed by atoms with Crippen molar-refractivity contribution < 1.29 is 18.3 Å². The van der Waals surface area contributed by atoms with Gasteiger partial charge >= 0.3 is 0 Å². The molecule has 0 N–H and O–H groups in total. The summed E-state index contributed by atoms with van der Waals surface area (Å²) in [6.45, 7) is 25.5. The topological polar surface area (TPSA) is 36.9 Å². The van der Waals surface area contributed by atoms with Crippen LogP contribution in [0.5, 0.6) is 34.5 Å². The molecule has 0 amide bonds. The largest absolute Gasteiger partial charge is 0.540 e. The molecule has 0 atom stereocenters. The maximum absolute atomic E-state index is 6.34. The third-order valence-electron chi connectivity index (χ3n) is 11.1. The van der Waals surface area contributed by atoms with Gasteiger partial charge in [-0.3, -0.25) is 0 Å². The van der Waals surface area contributed by atoms with Gasteiger partial charge in [-0.25, -0.2) is 0 Å². The molecule has 0 aliphatic rings. The average molecular weight is 755 g/mol. The van der Waals surface area contributed by atoms with E-state index in [-0.39, 0.29) is 10.8 Å². The second kappa shape index (κ2) is 17.1. The molecule has 282 valence electrons. The van der Waals surface area contributed by atoms with Gasteiger partial charge in [-0.2, -0.15) is 0 Å². The van der Waals surface area contributed by atoms with Gasteiger partial charge in [0.1, 0.15) is 34.5 Å². The SMILES string of the molecule is C=C[Si](C)(C)Oc1ccc(C(CC)(CC)c2ccc(Oc3cccc(Oc4ccc(C(CC)(CC)c5ccc(O[Si](C)(C)C=C)cc5)cc4)c3)cc2)cc1. The Balaban J connectivity index is 1.27. The summed E-state index contributed by atoms with van der Waals surface area (Å²) in [5.41, 5.74) is 8.82. The van der Waals surface area contributed by atoms with Crippen LogP contribution in [0.2, 0.25) is 26.2 Å². The van der Waals surface area contributed by atoms with Crippen LogP contribution in [-0.4, -0.2) is 16.6 Å². The number of rotatable bonds is 18. The minimum absolute atomic E-state index is 0.108. The highest BCUT2D eigenvalue weighted by Gasteiger charge is 2.32. The quantitative estimate of drug-likeness (QED) is 0.0835. The van der Waals surface area contributed by atoms with Gasteiger partial charge in [0, 0.05) is 16.9 Å². The van der Waals surface area contributed by atoms with Crippen molar-refractivity contribution in [3.63, 3.8) is 0 Å². The molecule has 0 aliphatic carbocycles. The molecule has 0 fully saturated rings. The lowest BCUT2D eigenvalue weighted by atomic mass is 9.70. The predicted molar refractivity (Wildman–Crippen MR) is 232 cm³/mol. The van der Waals surface area contributed by atoms with Gasteiger partial charge in [0.15, 0.2) is 0 Å². The van der Waals surface area contributed by atoms with Crippen LogP contribution >= 0.6 is 0 Å². The van der Waals surface area contributed by atoms with Crippen molar-refractivity contribution in [1.29, 1.82) is 0 Å². The van der Waals surface area contributed by atoms with Crippen LogP contribution in [0.15, 0.2) is 146 Å². The van der Waals surface area contributed by atoms with E-state index in [1.165, 1.54) is 22.3 Å². The van der Waals surface area contributed by atoms with Crippen LogP contribution in [0, 0.1) is 0 Å². The van der Waals surface area contributed by atoms with Crippen molar-refractivity contribution in [1.82, 2.24) is 0 Å². The first-order valence-electron chi connectivity index (χ1n) is 19.4. The minimum atomic E-state index is -1.92. The molecule has 5 rings (SSSR count). The molecule has 0 aromatic heterocycles. The van der Waals surface area contributed by atoms with E-state index in [1.54, 1.807) is 0 Å². The highest BCUT2D eigenvalue weighted by atomic mass is 28.4. The first-order valence-corrected chi connectivity index (χ1v) is 25.3. The van der Waals surface area contributed by atoms with Gasteiger partial charge in [-0.05, 0) is 135 Å². The monoisotopic (exact) mass is 754 g/mol. The summed E-state index contributed by atoms with van der Waals surface area (Å²) in [4.78, 5) is 0. The zero-order valence-electron chi connectivity index (χ0n) is 33.6. The molecule has 0 heterocycles. The molecule has 5 aromatic rings. The van der Waals surface area contributed by atoms with E-state index in [4.69, 9.17) is 18.3 Å². The molecule has 0 bridgehead atoms. The Hall–Kier alpha value is -4.79. The van der Waals surface area contributed by atoms with E-state index < -0.39 is 16.6 Å². The van der Waals surface area contributed by atoms with Crippen molar-refractivity contribution in [2.24, 2.45) is 0 Å². The smallest absolute Gasteiger partial charge is 0.269 e. The van der Waals surface area contributed by atoms with E-state index in [9.17, 15) is 0 Å². The Morgan fingerprint density at radius 3 is 0.963 bits per heavy atom. The van der Waals surface area contributed by atoms with E-state index in [0.29, 0.717) is 0 Å². The van der Waals surface area contributed by atoms with Gasteiger partial charge in [0.2, 0.25) is 0 Å². The summed E-state index contributed by atoms with van der Waals surface area (Å²) in [7, 11) is -3.83. The van der Waals surface area contributed by atoms with E-state index >= 15 is 0 Å². The van der Waals surface area contributed by atoms with E-state index in [0.717, 1.165) is 60.2 Å². The van der Waals surface area contributed by atoms with E-state index in [1.807, 2.05) is 35.7 Å². The summed E-state index contributed by atoms with van der Waals surface area (Å²) < 4.78 is 25.2. The van der Waals surface area contributed by atoms with Crippen molar-refractivity contribution in [3.05, 3.63) is 168 Å². The van der Waals surface area contributed by atoms with Crippen LogP contribution in [0.1, 0.15) is 75.6 Å². The lowest BCUT2D eigenvalue weighted by Gasteiger charge is -2.33. The lowest BCUT2D eigenvalue weighted by Crippen LogP contribution is -2.31. The number of ether oxygens (including phenoxy) is 2. The Morgan fingerprint density at radius 1 is 0.426 bits per heavy atom. The first-order chi connectivity index (χ1) is 25.8. The number of benzene rings is 5. The van der Waals surface area contributed by atoms with Crippen molar-refractivity contribution >= 4 is 16.6 Å². The average Bonchev–Trinajstić information content (AvgIpc) is 3.18. The second-order valence-electron chi connectivity index (χ2n) is 15.2. The summed E-state index contributed by atoms with van der Waals surface area (Å²) >= 11 is 0. The number of hydrogen-bond acceptors (Lipinski definition) is 4. The fourth-order valence-corrected chi connectivity index (χ4v) is 9.05. The molecule has 0 saturated heterocycles. The van der Waals surface area contributed by atoms with Crippen molar-refractivity contribution in [3.8, 4) is 34.5 Å². The maximum Gasteiger partial charge on any atom is 0.269 e. The Bertz CT molecular complexity index is 1830. The van der Waals surface area contributed by atoms with Crippen molar-refractivity contribution in [2.45, 2.75) is 90.4 Å². The van der Waals surface area contributed by atoms with E-state index in [2.05, 4.69) is 164 Å². The highest BCUT2D eigenvalue weighted by Crippen LogP contribution is 2.42. The molecule has 0 spiro atoms. The molecule has 5 aromatic carbocycles. The normalized spacial score (nSPS) is 12.1. The standard InChI is InChI=1S/C48H58O4Si2/c1-11-47(12-2,39-24-32-43(33-25-39)51-53(7,8)15-5)37-20-28-41(29-21-37)49-45-18-17-19-46(36-45)50-42-30-22-38(23-31-42)48(13-3,14-4)40-26-34-44(35-27-40)52-54(9,10)16-6/h15-36H,5-6,11-14H2,1-4,7-10H3.